The second kappa shape index (κ2) is 9.31. The molecule has 1 amide bonds. The highest BCUT2D eigenvalue weighted by Gasteiger charge is 2.27. The Morgan fingerprint density at radius 3 is 2.54 bits per heavy atom. The Labute approximate surface area is 209 Å². The fraction of sp³-hybridized carbons (Fsp3) is 0.250. The molecule has 0 bridgehead atoms. The van der Waals surface area contributed by atoms with Crippen molar-refractivity contribution in [1.29, 1.82) is 0 Å². The predicted molar refractivity (Wildman–Crippen MR) is 139 cm³/mol. The van der Waals surface area contributed by atoms with Crippen molar-refractivity contribution in [2.45, 2.75) is 17.9 Å². The van der Waals surface area contributed by atoms with Crippen LogP contribution in [0.25, 0.3) is 10.9 Å². The van der Waals surface area contributed by atoms with Crippen LogP contribution in [0.5, 0.6) is 0 Å². The maximum atomic E-state index is 14.4. The molecule has 1 N–H and O–H groups in total. The lowest BCUT2D eigenvalue weighted by Crippen LogP contribution is -2.50. The molecule has 1 aliphatic rings. The SMILES string of the molecule is C[C@H](C(=O)N1CCN(c2ccc(S(=O)(=O)Nc3nccs3)cc2)CC1)n1ccc2cccc(F)c21.[HH].[HH]. The first-order valence-corrected chi connectivity index (χ1v) is 13.5. The van der Waals surface area contributed by atoms with Crippen molar-refractivity contribution in [1.82, 2.24) is 14.5 Å². The van der Waals surface area contributed by atoms with Gasteiger partial charge in [-0.3, -0.25) is 9.52 Å². The van der Waals surface area contributed by atoms with Crippen LogP contribution in [0.3, 0.4) is 0 Å². The number of thiazole rings is 1. The van der Waals surface area contributed by atoms with Crippen LogP contribution in [-0.4, -0.2) is 55.0 Å². The summed E-state index contributed by atoms with van der Waals surface area (Å²) < 4.78 is 43.6. The zero-order valence-corrected chi connectivity index (χ0v) is 20.6. The molecule has 0 spiro atoms. The third kappa shape index (κ3) is 4.61. The molecule has 5 rings (SSSR count). The van der Waals surface area contributed by atoms with Crippen molar-refractivity contribution < 1.29 is 20.5 Å². The number of nitrogens with one attached hydrogen (secondary N) is 1. The Morgan fingerprint density at radius 2 is 1.86 bits per heavy atom. The van der Waals surface area contributed by atoms with Crippen LogP contribution < -0.4 is 9.62 Å². The Balaban J connectivity index is 0.00000190. The van der Waals surface area contributed by atoms with E-state index in [0.29, 0.717) is 36.8 Å². The smallest absolute Gasteiger partial charge is 0.263 e. The van der Waals surface area contributed by atoms with Crippen molar-refractivity contribution in [2.24, 2.45) is 0 Å². The van der Waals surface area contributed by atoms with Gasteiger partial charge in [-0.1, -0.05) is 12.1 Å². The van der Waals surface area contributed by atoms with Gasteiger partial charge >= 0.3 is 0 Å². The molecule has 186 valence electrons. The van der Waals surface area contributed by atoms with Crippen molar-refractivity contribution in [2.75, 3.05) is 35.8 Å². The van der Waals surface area contributed by atoms with E-state index in [1.54, 1.807) is 58.3 Å². The molecule has 4 aromatic rings. The van der Waals surface area contributed by atoms with E-state index in [1.165, 1.54) is 23.6 Å². The highest BCUT2D eigenvalue weighted by molar-refractivity contribution is 7.93. The minimum absolute atomic E-state index is 0. The molecule has 2 aromatic heterocycles. The van der Waals surface area contributed by atoms with Gasteiger partial charge in [0.15, 0.2) is 5.13 Å². The number of sulfonamides is 1. The number of amides is 1. The molecule has 0 unspecified atom stereocenters. The maximum absolute atomic E-state index is 14.4. The molecule has 3 heterocycles. The largest absolute Gasteiger partial charge is 0.368 e. The lowest BCUT2D eigenvalue weighted by atomic mass is 10.2. The molecule has 0 radical (unpaired) electrons. The van der Waals surface area contributed by atoms with Gasteiger partial charge < -0.3 is 14.4 Å². The molecular formula is C24H28FN5O3S2. The topological polar surface area (TPSA) is 87.5 Å². The Kier molecular flexibility index (Phi) is 6.20. The highest BCUT2D eigenvalue weighted by Crippen LogP contribution is 2.26. The quantitative estimate of drug-likeness (QED) is 0.409. The number of piperazine rings is 1. The summed E-state index contributed by atoms with van der Waals surface area (Å²) in [6.07, 6.45) is 3.29. The fourth-order valence-electron chi connectivity index (χ4n) is 4.35. The number of benzene rings is 2. The Bertz CT molecular complexity index is 1460. The van der Waals surface area contributed by atoms with Gasteiger partial charge in [0, 0.05) is 57.9 Å². The third-order valence-corrected chi connectivity index (χ3v) is 8.40. The second-order valence-electron chi connectivity index (χ2n) is 8.33. The summed E-state index contributed by atoms with van der Waals surface area (Å²) in [5.41, 5.74) is 1.32. The number of rotatable bonds is 6. The summed E-state index contributed by atoms with van der Waals surface area (Å²) in [6.45, 7) is 4.07. The lowest BCUT2D eigenvalue weighted by molar-refractivity contribution is -0.134. The number of hydrogen-bond acceptors (Lipinski definition) is 6. The van der Waals surface area contributed by atoms with Gasteiger partial charge in [0.1, 0.15) is 11.9 Å². The number of fused-ring (bicyclic) bond motifs is 1. The molecule has 11 heteroatoms. The van der Waals surface area contributed by atoms with E-state index in [1.807, 2.05) is 12.1 Å². The van der Waals surface area contributed by atoms with Crippen LogP contribution in [-0.2, 0) is 14.8 Å². The van der Waals surface area contributed by atoms with Crippen molar-refractivity contribution in [3.63, 3.8) is 0 Å². The molecule has 1 fully saturated rings. The van der Waals surface area contributed by atoms with E-state index in [-0.39, 0.29) is 19.5 Å². The maximum Gasteiger partial charge on any atom is 0.263 e. The molecule has 1 saturated heterocycles. The molecule has 35 heavy (non-hydrogen) atoms. The van der Waals surface area contributed by atoms with Gasteiger partial charge in [-0.25, -0.2) is 17.8 Å². The number of aromatic nitrogens is 2. The summed E-state index contributed by atoms with van der Waals surface area (Å²) in [7, 11) is -3.70. The molecule has 1 atom stereocenters. The first kappa shape index (κ1) is 23.3. The first-order chi connectivity index (χ1) is 16.8. The summed E-state index contributed by atoms with van der Waals surface area (Å²) in [4.78, 5) is 21.2. The summed E-state index contributed by atoms with van der Waals surface area (Å²) in [5.74, 6) is -0.399. The summed E-state index contributed by atoms with van der Waals surface area (Å²) in [5, 5.41) is 2.78. The van der Waals surface area contributed by atoms with Crippen LogP contribution in [0.1, 0.15) is 15.8 Å². The van der Waals surface area contributed by atoms with E-state index < -0.39 is 16.1 Å². The van der Waals surface area contributed by atoms with E-state index >= 15 is 0 Å². The van der Waals surface area contributed by atoms with Crippen LogP contribution >= 0.6 is 11.3 Å². The van der Waals surface area contributed by atoms with E-state index in [9.17, 15) is 17.6 Å². The van der Waals surface area contributed by atoms with Gasteiger partial charge in [0.25, 0.3) is 10.0 Å². The average molecular weight is 518 g/mol. The minimum Gasteiger partial charge on any atom is -0.368 e. The van der Waals surface area contributed by atoms with Crippen LogP contribution in [0.15, 0.2) is 71.2 Å². The number of carbonyl (C=O) groups is 1. The zero-order valence-electron chi connectivity index (χ0n) is 19.0. The Hall–Kier alpha value is -3.44. The van der Waals surface area contributed by atoms with Crippen LogP contribution in [0.4, 0.5) is 15.2 Å². The monoisotopic (exact) mass is 517 g/mol. The van der Waals surface area contributed by atoms with E-state index in [4.69, 9.17) is 0 Å². The van der Waals surface area contributed by atoms with Crippen LogP contribution in [0, 0.1) is 5.82 Å². The van der Waals surface area contributed by atoms with E-state index in [2.05, 4.69) is 14.6 Å². The standard InChI is InChI=1S/C24H24FN5O3S2.2H2/c1-17(30-11-9-18-3-2-4-21(25)22(18)30)23(31)29-14-12-28(13-15-29)19-5-7-20(8-6-19)35(32,33)27-24-26-10-16-34-24;;/h2-11,16-17H,12-15H2,1H3,(H,26,27);2*1H/t17-;;/m1../s1. The highest BCUT2D eigenvalue weighted by atomic mass is 32.2. The van der Waals surface area contributed by atoms with Crippen molar-refractivity contribution in [3.05, 3.63) is 72.1 Å². The normalized spacial score (nSPS) is 15.4. The first-order valence-electron chi connectivity index (χ1n) is 11.1. The molecule has 0 aliphatic carbocycles. The van der Waals surface area contributed by atoms with E-state index in [0.717, 1.165) is 11.1 Å². The van der Waals surface area contributed by atoms with Gasteiger partial charge in [0.2, 0.25) is 5.91 Å². The molecule has 1 aliphatic heterocycles. The molecule has 8 nitrogen and oxygen atoms in total. The number of halogens is 1. The predicted octanol–water partition coefficient (Wildman–Crippen LogP) is 4.44. The summed E-state index contributed by atoms with van der Waals surface area (Å²) in [6, 6.07) is 12.9. The molecule has 2 aromatic carbocycles. The van der Waals surface area contributed by atoms with Gasteiger partial charge in [-0.15, -0.1) is 11.3 Å². The average Bonchev–Trinajstić information content (AvgIpc) is 3.54. The minimum atomic E-state index is -3.70. The number of anilines is 2. The fourth-order valence-corrected chi connectivity index (χ4v) is 6.14. The number of para-hydroxylation sites is 1. The van der Waals surface area contributed by atoms with Gasteiger partial charge in [-0.2, -0.15) is 0 Å². The van der Waals surface area contributed by atoms with Crippen molar-refractivity contribution in [3.8, 4) is 0 Å². The number of nitrogens with zero attached hydrogens (tertiary/aromatic N) is 4. The molecular weight excluding hydrogens is 489 g/mol. The van der Waals surface area contributed by atoms with Crippen LogP contribution in [0.2, 0.25) is 0 Å². The third-order valence-electron chi connectivity index (χ3n) is 6.22. The lowest BCUT2D eigenvalue weighted by Gasteiger charge is -2.37. The number of hydrogen-bond donors (Lipinski definition) is 1. The summed E-state index contributed by atoms with van der Waals surface area (Å²) >= 11 is 1.21. The zero-order chi connectivity index (χ0) is 24.6. The van der Waals surface area contributed by atoms with Gasteiger partial charge in [0.05, 0.1) is 10.4 Å². The second-order valence-corrected chi connectivity index (χ2v) is 10.9. The molecule has 0 saturated carbocycles. The van der Waals surface area contributed by atoms with Crippen molar-refractivity contribution >= 4 is 49.0 Å². The Morgan fingerprint density at radius 1 is 1.11 bits per heavy atom. The number of carbonyl (C=O) groups excluding carboxylic acids is 1. The van der Waals surface area contributed by atoms with Gasteiger partial charge in [-0.05, 0) is 43.3 Å².